The molecule has 0 heterocycles. The molecular weight excluding hydrogens is 410 g/mol. The fourth-order valence-corrected chi connectivity index (χ4v) is 5.36. The van der Waals surface area contributed by atoms with Crippen molar-refractivity contribution >= 4 is 30.7 Å². The molecule has 30 heavy (non-hydrogen) atoms. The zero-order valence-electron chi connectivity index (χ0n) is 17.2. The summed E-state index contributed by atoms with van der Waals surface area (Å²) in [5.74, 6) is -6.51. The van der Waals surface area contributed by atoms with E-state index in [0.29, 0.717) is 5.56 Å². The van der Waals surface area contributed by atoms with E-state index in [9.17, 15) is 29.7 Å². The number of carboxylic acids is 2. The first kappa shape index (κ1) is 22.4. The quantitative estimate of drug-likeness (QED) is 0.446. The summed E-state index contributed by atoms with van der Waals surface area (Å²) in [7, 11) is 0. The van der Waals surface area contributed by atoms with Crippen molar-refractivity contribution < 1.29 is 34.4 Å². The Kier molecular flexibility index (Phi) is 5.57. The molecule has 9 heteroatoms. The van der Waals surface area contributed by atoms with Crippen LogP contribution in [0.25, 0.3) is 0 Å². The zero-order valence-corrected chi connectivity index (χ0v) is 18.1. The summed E-state index contributed by atoms with van der Waals surface area (Å²) in [6.45, 7) is 6.80. The lowest BCUT2D eigenvalue weighted by Gasteiger charge is -2.40. The van der Waals surface area contributed by atoms with Crippen LogP contribution in [0.4, 0.5) is 4.79 Å². The molecule has 0 spiro atoms. The van der Waals surface area contributed by atoms with E-state index < -0.39 is 64.2 Å². The second-order valence-electron chi connectivity index (χ2n) is 9.14. The monoisotopic (exact) mass is 437 g/mol. The van der Waals surface area contributed by atoms with Crippen molar-refractivity contribution in [2.24, 2.45) is 23.7 Å². The lowest BCUT2D eigenvalue weighted by atomic mass is 9.75. The van der Waals surface area contributed by atoms with Gasteiger partial charge in [-0.3, -0.25) is 4.79 Å². The third-order valence-corrected chi connectivity index (χ3v) is 6.61. The van der Waals surface area contributed by atoms with E-state index in [0.717, 1.165) is 5.56 Å². The predicted octanol–water partition coefficient (Wildman–Crippen LogP) is 2.25. The molecule has 8 nitrogen and oxygen atoms in total. The van der Waals surface area contributed by atoms with Gasteiger partial charge in [-0.1, -0.05) is 29.8 Å². The van der Waals surface area contributed by atoms with Crippen molar-refractivity contribution in [3.05, 3.63) is 35.4 Å². The molecular formula is C21H27NO7S. The highest BCUT2D eigenvalue weighted by Gasteiger charge is 2.80. The Morgan fingerprint density at radius 1 is 1.17 bits per heavy atom. The molecule has 7 atom stereocenters. The SMILES string of the molecule is Cc1ccc(C(S)[C@@H]2[C@@H](O)[C@H]3[C@H](C(=O)O)[C@H]3[C@]2(NC(=O)OC(C)(C)C)C(=O)O)cc1. The average molecular weight is 438 g/mol. The fraction of sp³-hybridized carbons (Fsp3) is 0.571. The van der Waals surface area contributed by atoms with Crippen LogP contribution >= 0.6 is 12.6 Å². The number of fused-ring (bicyclic) bond motifs is 1. The Labute approximate surface area is 180 Å². The number of hydrogen-bond donors (Lipinski definition) is 5. The molecule has 1 amide bonds. The highest BCUT2D eigenvalue weighted by atomic mass is 32.1. The molecule has 0 radical (unpaired) electrons. The standard InChI is InChI=1S/C21H27NO7S/c1-9-5-7-10(8-6-9)16(30)14-15(23)11-12(17(24)25)13(11)21(14,18(26)27)22-19(28)29-20(2,3)4/h5-8,11-16,23,30H,1-4H3,(H,22,28)(H,24,25)(H,26,27)/t11-,12-,13-,14-,15-,16?,21+/m0/s1. The molecule has 3 rings (SSSR count). The van der Waals surface area contributed by atoms with Crippen molar-refractivity contribution in [2.45, 2.75) is 50.2 Å². The molecule has 2 aliphatic carbocycles. The van der Waals surface area contributed by atoms with Gasteiger partial charge in [0.05, 0.1) is 12.0 Å². The Bertz CT molecular complexity index is 865. The number of ether oxygens (including phenoxy) is 1. The summed E-state index contributed by atoms with van der Waals surface area (Å²) in [6.07, 6.45) is -2.26. The van der Waals surface area contributed by atoms with Gasteiger partial charge in [0, 0.05) is 23.0 Å². The molecule has 2 saturated carbocycles. The second kappa shape index (κ2) is 7.46. The van der Waals surface area contributed by atoms with E-state index >= 15 is 0 Å². The maximum atomic E-state index is 12.6. The normalized spacial score (nSPS) is 33.3. The summed E-state index contributed by atoms with van der Waals surface area (Å²) < 4.78 is 5.25. The van der Waals surface area contributed by atoms with Crippen LogP contribution in [0.5, 0.6) is 0 Å². The molecule has 0 saturated heterocycles. The number of hydrogen-bond acceptors (Lipinski definition) is 6. The first-order chi connectivity index (χ1) is 13.8. The van der Waals surface area contributed by atoms with Gasteiger partial charge in [-0.25, -0.2) is 9.59 Å². The van der Waals surface area contributed by atoms with Crippen molar-refractivity contribution in [3.63, 3.8) is 0 Å². The minimum atomic E-state index is -2.03. The molecule has 2 aliphatic rings. The highest BCUT2D eigenvalue weighted by molar-refractivity contribution is 7.80. The molecule has 0 bridgehead atoms. The van der Waals surface area contributed by atoms with Crippen LogP contribution in [-0.2, 0) is 14.3 Å². The fourth-order valence-electron chi connectivity index (χ4n) is 4.78. The first-order valence-corrected chi connectivity index (χ1v) is 10.2. The molecule has 0 aliphatic heterocycles. The minimum Gasteiger partial charge on any atom is -0.481 e. The van der Waals surface area contributed by atoms with Gasteiger partial charge in [0.15, 0.2) is 5.54 Å². The van der Waals surface area contributed by atoms with Crippen LogP contribution in [-0.4, -0.2) is 50.6 Å². The maximum Gasteiger partial charge on any atom is 0.408 e. The number of amides is 1. The Morgan fingerprint density at radius 3 is 2.20 bits per heavy atom. The maximum absolute atomic E-state index is 12.6. The van der Waals surface area contributed by atoms with Crippen molar-refractivity contribution in [1.82, 2.24) is 5.32 Å². The van der Waals surface area contributed by atoms with E-state index in [1.54, 1.807) is 32.9 Å². The van der Waals surface area contributed by atoms with Crippen LogP contribution in [0.15, 0.2) is 24.3 Å². The Morgan fingerprint density at radius 2 is 1.73 bits per heavy atom. The summed E-state index contributed by atoms with van der Waals surface area (Å²) in [5.41, 5.74) is -1.26. The van der Waals surface area contributed by atoms with Gasteiger partial charge < -0.3 is 25.4 Å². The van der Waals surface area contributed by atoms with Crippen molar-refractivity contribution in [2.75, 3.05) is 0 Å². The van der Waals surface area contributed by atoms with E-state index in [-0.39, 0.29) is 0 Å². The lowest BCUT2D eigenvalue weighted by molar-refractivity contribution is -0.151. The molecule has 4 N–H and O–H groups in total. The lowest BCUT2D eigenvalue weighted by Crippen LogP contribution is -2.63. The Hall–Kier alpha value is -2.26. The van der Waals surface area contributed by atoms with Gasteiger partial charge in [-0.05, 0) is 33.3 Å². The van der Waals surface area contributed by atoms with Crippen LogP contribution < -0.4 is 5.32 Å². The molecule has 1 unspecified atom stereocenters. The van der Waals surface area contributed by atoms with Crippen LogP contribution in [0.1, 0.15) is 37.1 Å². The number of benzene rings is 1. The molecule has 1 aromatic carbocycles. The highest BCUT2D eigenvalue weighted by Crippen LogP contribution is 2.67. The number of thiol groups is 1. The minimum absolute atomic E-state index is 0.665. The number of alkyl carbamates (subject to hydrolysis) is 1. The van der Waals surface area contributed by atoms with E-state index in [1.807, 2.05) is 19.1 Å². The number of aliphatic hydroxyl groups is 1. The third-order valence-electron chi connectivity index (χ3n) is 6.00. The van der Waals surface area contributed by atoms with Gasteiger partial charge in [-0.15, -0.1) is 0 Å². The summed E-state index contributed by atoms with van der Waals surface area (Å²) in [5, 5.41) is 32.4. The van der Waals surface area contributed by atoms with Crippen molar-refractivity contribution in [3.8, 4) is 0 Å². The summed E-state index contributed by atoms with van der Waals surface area (Å²) in [6, 6.07) is 7.23. The van der Waals surface area contributed by atoms with Crippen LogP contribution in [0, 0.1) is 30.6 Å². The van der Waals surface area contributed by atoms with Gasteiger partial charge >= 0.3 is 18.0 Å². The number of aliphatic hydroxyl groups excluding tert-OH is 1. The second-order valence-corrected chi connectivity index (χ2v) is 9.70. The number of carbonyl (C=O) groups excluding carboxylic acids is 1. The molecule has 164 valence electrons. The first-order valence-electron chi connectivity index (χ1n) is 9.71. The smallest absolute Gasteiger partial charge is 0.408 e. The number of rotatable bonds is 5. The Balaban J connectivity index is 2.05. The summed E-state index contributed by atoms with van der Waals surface area (Å²) in [4.78, 5) is 36.8. The topological polar surface area (TPSA) is 133 Å². The number of carbonyl (C=O) groups is 3. The van der Waals surface area contributed by atoms with Crippen molar-refractivity contribution in [1.29, 1.82) is 0 Å². The predicted molar refractivity (Wildman–Crippen MR) is 110 cm³/mol. The van der Waals surface area contributed by atoms with E-state index in [1.165, 1.54) is 0 Å². The number of carboxylic acid groups (broad SMARTS) is 2. The zero-order chi connectivity index (χ0) is 22.6. The number of aryl methyl sites for hydroxylation is 1. The van der Waals surface area contributed by atoms with Gasteiger partial charge in [0.1, 0.15) is 5.60 Å². The van der Waals surface area contributed by atoms with Gasteiger partial charge in [-0.2, -0.15) is 12.6 Å². The molecule has 2 fully saturated rings. The van der Waals surface area contributed by atoms with Gasteiger partial charge in [0.2, 0.25) is 0 Å². The van der Waals surface area contributed by atoms with Crippen LogP contribution in [0.2, 0.25) is 0 Å². The number of aliphatic carboxylic acids is 2. The third kappa shape index (κ3) is 3.65. The average Bonchev–Trinajstić information content (AvgIpc) is 3.30. The van der Waals surface area contributed by atoms with Gasteiger partial charge in [0.25, 0.3) is 0 Å². The van der Waals surface area contributed by atoms with E-state index in [4.69, 9.17) is 4.74 Å². The summed E-state index contributed by atoms with van der Waals surface area (Å²) >= 11 is 4.60. The largest absolute Gasteiger partial charge is 0.481 e. The number of nitrogens with one attached hydrogen (secondary N) is 1. The molecule has 1 aromatic rings. The van der Waals surface area contributed by atoms with E-state index in [2.05, 4.69) is 17.9 Å². The van der Waals surface area contributed by atoms with Crippen LogP contribution in [0.3, 0.4) is 0 Å². The molecule has 0 aromatic heterocycles.